The van der Waals surface area contributed by atoms with Crippen LogP contribution in [0.2, 0.25) is 0 Å². The Balaban J connectivity index is 2.75. The third-order valence-corrected chi connectivity index (χ3v) is 4.62. The number of aromatic nitrogens is 2. The van der Waals surface area contributed by atoms with Crippen molar-refractivity contribution in [2.45, 2.75) is 20.8 Å². The lowest BCUT2D eigenvalue weighted by atomic mass is 9.97. The highest BCUT2D eigenvalue weighted by molar-refractivity contribution is 9.10. The number of carboxylic acids is 1. The third kappa shape index (κ3) is 2.20. The van der Waals surface area contributed by atoms with E-state index in [0.717, 1.165) is 26.7 Å². The molecule has 1 aromatic carbocycles. The number of carboxylic acid groups (broad SMARTS) is 1. The summed E-state index contributed by atoms with van der Waals surface area (Å²) in [6.07, 6.45) is 0. The first kappa shape index (κ1) is 14.6. The van der Waals surface area contributed by atoms with Crippen LogP contribution in [0.15, 0.2) is 10.5 Å². The van der Waals surface area contributed by atoms with Crippen LogP contribution < -0.4 is 4.74 Å². The fraction of sp³-hybridized carbons (Fsp3) is 0.286. The Morgan fingerprint density at radius 3 is 2.45 bits per heavy atom. The zero-order chi connectivity index (χ0) is 15.0. The fourth-order valence-electron chi connectivity index (χ4n) is 2.21. The number of halogens is 1. The predicted molar refractivity (Wildman–Crippen MR) is 79.4 cm³/mol. The van der Waals surface area contributed by atoms with E-state index in [1.54, 1.807) is 7.11 Å². The van der Waals surface area contributed by atoms with Crippen molar-refractivity contribution in [3.63, 3.8) is 0 Å². The summed E-state index contributed by atoms with van der Waals surface area (Å²) in [6, 6.07) is 1.51. The molecule has 0 saturated heterocycles. The van der Waals surface area contributed by atoms with Gasteiger partial charge < -0.3 is 9.84 Å². The second-order valence-electron chi connectivity index (χ2n) is 4.57. The normalized spacial score (nSPS) is 10.7. The molecule has 0 unspecified atom stereocenters. The van der Waals surface area contributed by atoms with E-state index < -0.39 is 5.97 Å². The molecule has 0 fully saturated rings. The van der Waals surface area contributed by atoms with E-state index >= 15 is 0 Å². The third-order valence-electron chi connectivity index (χ3n) is 3.43. The minimum absolute atomic E-state index is 0.0517. The molecule has 2 rings (SSSR count). The highest BCUT2D eigenvalue weighted by atomic mass is 79.9. The number of nitrogens with one attached hydrogen (secondary N) is 1. The van der Waals surface area contributed by atoms with Gasteiger partial charge in [-0.1, -0.05) is 15.9 Å². The van der Waals surface area contributed by atoms with Crippen LogP contribution in [0.4, 0.5) is 0 Å². The van der Waals surface area contributed by atoms with E-state index in [1.165, 1.54) is 6.07 Å². The van der Waals surface area contributed by atoms with E-state index in [4.69, 9.17) is 9.84 Å². The zero-order valence-electron chi connectivity index (χ0n) is 11.7. The Bertz CT molecular complexity index is 692. The van der Waals surface area contributed by atoms with Crippen LogP contribution in [0.3, 0.4) is 0 Å². The Morgan fingerprint density at radius 1 is 1.30 bits per heavy atom. The van der Waals surface area contributed by atoms with Crippen molar-refractivity contribution in [2.75, 3.05) is 7.11 Å². The summed E-state index contributed by atoms with van der Waals surface area (Å²) in [5.41, 5.74) is 4.47. The molecule has 0 amide bonds. The molecule has 6 heteroatoms. The van der Waals surface area contributed by atoms with Crippen LogP contribution in [-0.4, -0.2) is 28.4 Å². The van der Waals surface area contributed by atoms with Gasteiger partial charge in [0.2, 0.25) is 0 Å². The Labute approximate surface area is 125 Å². The van der Waals surface area contributed by atoms with Gasteiger partial charge in [0, 0.05) is 10.0 Å². The number of benzene rings is 1. The lowest BCUT2D eigenvalue weighted by Gasteiger charge is -2.17. The molecule has 0 aliphatic heterocycles. The van der Waals surface area contributed by atoms with Crippen molar-refractivity contribution in [3.05, 3.63) is 32.9 Å². The van der Waals surface area contributed by atoms with E-state index in [0.29, 0.717) is 11.4 Å². The number of hydrogen-bond donors (Lipinski definition) is 2. The first-order chi connectivity index (χ1) is 9.38. The Kier molecular flexibility index (Phi) is 3.85. The van der Waals surface area contributed by atoms with Crippen LogP contribution in [0.1, 0.15) is 27.2 Å². The van der Waals surface area contributed by atoms with Gasteiger partial charge >= 0.3 is 5.97 Å². The van der Waals surface area contributed by atoms with Gasteiger partial charge in [-0.25, -0.2) is 4.79 Å². The summed E-state index contributed by atoms with van der Waals surface area (Å²) < 4.78 is 6.47. The summed E-state index contributed by atoms with van der Waals surface area (Å²) in [5, 5.41) is 15.6. The Morgan fingerprint density at radius 2 is 1.95 bits per heavy atom. The molecule has 2 N–H and O–H groups in total. The van der Waals surface area contributed by atoms with Crippen molar-refractivity contribution in [2.24, 2.45) is 0 Å². The number of H-pyrrole nitrogens is 1. The number of rotatable bonds is 3. The fourth-order valence-corrected chi connectivity index (χ4v) is 2.70. The summed E-state index contributed by atoms with van der Waals surface area (Å²) in [4.78, 5) is 11.0. The van der Waals surface area contributed by atoms with Gasteiger partial charge in [-0.05, 0) is 43.5 Å². The van der Waals surface area contributed by atoms with Crippen LogP contribution in [0, 0.1) is 20.8 Å². The quantitative estimate of drug-likeness (QED) is 0.898. The number of hydrogen-bond acceptors (Lipinski definition) is 3. The van der Waals surface area contributed by atoms with E-state index in [1.807, 2.05) is 20.8 Å². The molecule has 106 valence electrons. The van der Waals surface area contributed by atoms with Gasteiger partial charge in [0.05, 0.1) is 12.8 Å². The van der Waals surface area contributed by atoms with Gasteiger partial charge in [-0.2, -0.15) is 5.10 Å². The van der Waals surface area contributed by atoms with Gasteiger partial charge in [0.1, 0.15) is 11.4 Å². The SMILES string of the molecule is COc1c(C)c(C)c(Br)c(C)c1-c1cc(C(=O)O)[nH]n1. The standard InChI is InChI=1S/C14H15BrN2O3/c1-6-7(2)13(20-4)11(8(3)12(6)15)9-5-10(14(18)19)17-16-9/h5H,1-4H3,(H,16,17)(H,18,19). The van der Waals surface area contributed by atoms with Crippen molar-refractivity contribution >= 4 is 21.9 Å². The molecular weight excluding hydrogens is 324 g/mol. The maximum Gasteiger partial charge on any atom is 0.353 e. The van der Waals surface area contributed by atoms with Gasteiger partial charge in [-0.15, -0.1) is 0 Å². The summed E-state index contributed by atoms with van der Waals surface area (Å²) in [7, 11) is 1.60. The van der Waals surface area contributed by atoms with Gasteiger partial charge in [0.25, 0.3) is 0 Å². The number of ether oxygens (including phenoxy) is 1. The van der Waals surface area contributed by atoms with Crippen molar-refractivity contribution in [3.8, 4) is 17.0 Å². The maximum atomic E-state index is 11.0. The van der Waals surface area contributed by atoms with Crippen LogP contribution in [0.25, 0.3) is 11.3 Å². The van der Waals surface area contributed by atoms with Crippen molar-refractivity contribution < 1.29 is 14.6 Å². The topological polar surface area (TPSA) is 75.2 Å². The molecule has 5 nitrogen and oxygen atoms in total. The Hall–Kier alpha value is -1.82. The molecule has 0 spiro atoms. The van der Waals surface area contributed by atoms with Gasteiger partial charge in [0.15, 0.2) is 0 Å². The lowest BCUT2D eigenvalue weighted by molar-refractivity contribution is 0.0690. The second kappa shape index (κ2) is 5.28. The van der Waals surface area contributed by atoms with Crippen LogP contribution >= 0.6 is 15.9 Å². The molecule has 2 aromatic rings. The molecule has 20 heavy (non-hydrogen) atoms. The zero-order valence-corrected chi connectivity index (χ0v) is 13.3. The number of aromatic carboxylic acids is 1. The predicted octanol–water partition coefficient (Wildman–Crippen LogP) is 3.47. The minimum atomic E-state index is -1.04. The largest absolute Gasteiger partial charge is 0.496 e. The molecule has 1 aromatic heterocycles. The maximum absolute atomic E-state index is 11.0. The summed E-state index contributed by atoms with van der Waals surface area (Å²) in [5.74, 6) is -0.324. The smallest absolute Gasteiger partial charge is 0.353 e. The minimum Gasteiger partial charge on any atom is -0.496 e. The number of methoxy groups -OCH3 is 1. The first-order valence-corrected chi connectivity index (χ1v) is 6.80. The lowest BCUT2D eigenvalue weighted by Crippen LogP contribution is -1.99. The highest BCUT2D eigenvalue weighted by Gasteiger charge is 2.21. The molecule has 1 heterocycles. The first-order valence-electron chi connectivity index (χ1n) is 6.00. The molecule has 0 radical (unpaired) electrons. The van der Waals surface area contributed by atoms with Crippen molar-refractivity contribution in [1.29, 1.82) is 0 Å². The molecule has 0 atom stereocenters. The monoisotopic (exact) mass is 338 g/mol. The van der Waals surface area contributed by atoms with Crippen LogP contribution in [0.5, 0.6) is 5.75 Å². The van der Waals surface area contributed by atoms with Gasteiger partial charge in [-0.3, -0.25) is 5.10 Å². The van der Waals surface area contributed by atoms with E-state index in [9.17, 15) is 4.79 Å². The summed E-state index contributed by atoms with van der Waals surface area (Å²) in [6.45, 7) is 5.92. The molecular formula is C14H15BrN2O3. The molecule has 0 aliphatic carbocycles. The number of aromatic amines is 1. The van der Waals surface area contributed by atoms with E-state index in [2.05, 4.69) is 26.1 Å². The molecule has 0 bridgehead atoms. The van der Waals surface area contributed by atoms with Crippen molar-refractivity contribution in [1.82, 2.24) is 10.2 Å². The number of carbonyl (C=O) groups is 1. The summed E-state index contributed by atoms with van der Waals surface area (Å²) >= 11 is 3.57. The molecule has 0 saturated carbocycles. The molecule has 0 aliphatic rings. The average Bonchev–Trinajstić information content (AvgIpc) is 2.89. The average molecular weight is 339 g/mol. The van der Waals surface area contributed by atoms with E-state index in [-0.39, 0.29) is 5.69 Å². The second-order valence-corrected chi connectivity index (χ2v) is 5.36. The van der Waals surface area contributed by atoms with Crippen LogP contribution in [-0.2, 0) is 0 Å². The highest BCUT2D eigenvalue weighted by Crippen LogP contribution is 2.41. The number of nitrogens with zero attached hydrogens (tertiary/aromatic N) is 1.